The number of aromatic carboxylic acids is 1. The molecular formula is C17H13N2O5-. The number of carbonyl (C=O) groups excluding carboxylic acids is 2. The molecule has 0 aromatic heterocycles. The second-order valence-corrected chi connectivity index (χ2v) is 4.97. The van der Waals surface area contributed by atoms with Gasteiger partial charge in [-0.1, -0.05) is 24.3 Å². The molecule has 0 bridgehead atoms. The molecule has 3 rings (SSSR count). The number of rotatable bonds is 4. The second-order valence-electron chi connectivity index (χ2n) is 4.97. The molecule has 1 amide bonds. The Bertz CT molecular complexity index is 799. The maximum Gasteiger partial charge on any atom is 0.271 e. The fourth-order valence-corrected chi connectivity index (χ4v) is 2.12. The maximum absolute atomic E-state index is 12.1. The monoisotopic (exact) mass is 325 g/mol. The molecule has 122 valence electrons. The van der Waals surface area contributed by atoms with Crippen LogP contribution < -0.4 is 20.0 Å². The summed E-state index contributed by atoms with van der Waals surface area (Å²) in [6.07, 6.45) is 1.41. The molecule has 2 aromatic rings. The lowest BCUT2D eigenvalue weighted by Crippen LogP contribution is -2.22. The first-order valence-electron chi connectivity index (χ1n) is 7.18. The number of carbonyl (C=O) groups is 2. The third-order valence-electron chi connectivity index (χ3n) is 3.33. The normalized spacial score (nSPS) is 12.8. The molecule has 0 atom stereocenters. The summed E-state index contributed by atoms with van der Waals surface area (Å²) in [6.45, 7) is 0.928. The number of benzene rings is 2. The predicted molar refractivity (Wildman–Crippen MR) is 83.3 cm³/mol. The van der Waals surface area contributed by atoms with Gasteiger partial charge in [-0.15, -0.1) is 0 Å². The van der Waals surface area contributed by atoms with Gasteiger partial charge in [-0.05, 0) is 29.3 Å². The number of nitrogens with one attached hydrogen (secondary N) is 1. The molecule has 0 unspecified atom stereocenters. The van der Waals surface area contributed by atoms with Gasteiger partial charge in [-0.25, -0.2) is 5.43 Å². The highest BCUT2D eigenvalue weighted by Gasteiger charge is 2.14. The van der Waals surface area contributed by atoms with Crippen molar-refractivity contribution in [3.8, 4) is 11.5 Å². The van der Waals surface area contributed by atoms with Crippen molar-refractivity contribution in [2.75, 3.05) is 13.2 Å². The van der Waals surface area contributed by atoms with Crippen LogP contribution in [-0.4, -0.2) is 31.3 Å². The molecule has 7 nitrogen and oxygen atoms in total. The Labute approximate surface area is 137 Å². The van der Waals surface area contributed by atoms with E-state index >= 15 is 0 Å². The quantitative estimate of drug-likeness (QED) is 0.655. The van der Waals surface area contributed by atoms with E-state index in [4.69, 9.17) is 9.47 Å². The zero-order valence-electron chi connectivity index (χ0n) is 12.5. The number of hydrogen-bond donors (Lipinski definition) is 1. The molecule has 0 radical (unpaired) electrons. The molecule has 0 saturated heterocycles. The average molecular weight is 325 g/mol. The standard InChI is InChI=1S/C17H14N2O5/c20-16(13-5-6-14-15(9-13)24-8-7-23-14)19-18-10-11-1-3-12(4-2-11)17(21)22/h1-6,9-10H,7-8H2,(H,19,20)(H,21,22)/p-1/b18-10-. The van der Waals surface area contributed by atoms with E-state index in [9.17, 15) is 14.7 Å². The van der Waals surface area contributed by atoms with Crippen molar-refractivity contribution in [2.24, 2.45) is 5.10 Å². The van der Waals surface area contributed by atoms with E-state index in [1.165, 1.54) is 18.3 Å². The van der Waals surface area contributed by atoms with Crippen LogP contribution in [0.3, 0.4) is 0 Å². The van der Waals surface area contributed by atoms with Gasteiger partial charge in [0.1, 0.15) is 13.2 Å². The SMILES string of the molecule is O=C([O-])c1ccc(/C=N\NC(=O)c2ccc3c(c2)OCCO3)cc1. The van der Waals surface area contributed by atoms with Gasteiger partial charge in [-0.3, -0.25) is 4.79 Å². The smallest absolute Gasteiger partial charge is 0.271 e. The van der Waals surface area contributed by atoms with E-state index in [2.05, 4.69) is 10.5 Å². The minimum Gasteiger partial charge on any atom is -0.545 e. The fourth-order valence-electron chi connectivity index (χ4n) is 2.12. The lowest BCUT2D eigenvalue weighted by molar-refractivity contribution is -0.255. The summed E-state index contributed by atoms with van der Waals surface area (Å²) >= 11 is 0. The highest BCUT2D eigenvalue weighted by atomic mass is 16.6. The van der Waals surface area contributed by atoms with Crippen LogP contribution in [0.1, 0.15) is 26.3 Å². The number of fused-ring (bicyclic) bond motifs is 1. The largest absolute Gasteiger partial charge is 0.545 e. The van der Waals surface area contributed by atoms with Crippen molar-refractivity contribution in [2.45, 2.75) is 0 Å². The minimum absolute atomic E-state index is 0.0764. The lowest BCUT2D eigenvalue weighted by Gasteiger charge is -2.18. The Morgan fingerprint density at radius 1 is 1.00 bits per heavy atom. The molecule has 1 heterocycles. The van der Waals surface area contributed by atoms with E-state index in [1.54, 1.807) is 30.3 Å². The number of ether oxygens (including phenoxy) is 2. The van der Waals surface area contributed by atoms with Crippen LogP contribution in [-0.2, 0) is 0 Å². The minimum atomic E-state index is -1.25. The van der Waals surface area contributed by atoms with Crippen molar-refractivity contribution < 1.29 is 24.2 Å². The number of carboxylic acids is 1. The molecule has 2 aromatic carbocycles. The van der Waals surface area contributed by atoms with E-state index in [-0.39, 0.29) is 5.56 Å². The van der Waals surface area contributed by atoms with Crippen LogP contribution in [0.2, 0.25) is 0 Å². The van der Waals surface area contributed by atoms with Crippen LogP contribution in [0.5, 0.6) is 11.5 Å². The Balaban J connectivity index is 1.63. The zero-order valence-corrected chi connectivity index (χ0v) is 12.5. The van der Waals surface area contributed by atoms with Crippen LogP contribution in [0, 0.1) is 0 Å². The molecule has 1 N–H and O–H groups in total. The van der Waals surface area contributed by atoms with Gasteiger partial charge >= 0.3 is 0 Å². The first kappa shape index (κ1) is 15.5. The topological polar surface area (TPSA) is 100 Å². The summed E-state index contributed by atoms with van der Waals surface area (Å²) in [5.74, 6) is -0.509. The summed E-state index contributed by atoms with van der Waals surface area (Å²) in [4.78, 5) is 22.7. The van der Waals surface area contributed by atoms with Gasteiger partial charge in [0.25, 0.3) is 5.91 Å². The highest BCUT2D eigenvalue weighted by Crippen LogP contribution is 2.30. The molecule has 0 saturated carbocycles. The van der Waals surface area contributed by atoms with Gasteiger partial charge in [0.2, 0.25) is 0 Å². The van der Waals surface area contributed by atoms with Crippen molar-refractivity contribution >= 4 is 18.1 Å². The Kier molecular flexibility index (Phi) is 4.42. The molecule has 1 aliphatic rings. The zero-order chi connectivity index (χ0) is 16.9. The Morgan fingerprint density at radius 3 is 2.38 bits per heavy atom. The molecule has 0 spiro atoms. The number of nitrogens with zero attached hydrogens (tertiary/aromatic N) is 1. The summed E-state index contributed by atoms with van der Waals surface area (Å²) < 4.78 is 10.8. The lowest BCUT2D eigenvalue weighted by atomic mass is 10.1. The van der Waals surface area contributed by atoms with E-state index in [0.29, 0.717) is 35.8 Å². The van der Waals surface area contributed by atoms with Gasteiger partial charge in [-0.2, -0.15) is 5.10 Å². The van der Waals surface area contributed by atoms with E-state index in [0.717, 1.165) is 0 Å². The Hall–Kier alpha value is -3.35. The molecule has 24 heavy (non-hydrogen) atoms. The van der Waals surface area contributed by atoms with E-state index < -0.39 is 11.9 Å². The Morgan fingerprint density at radius 2 is 1.67 bits per heavy atom. The molecule has 0 aliphatic carbocycles. The van der Waals surface area contributed by atoms with Crippen LogP contribution in [0.25, 0.3) is 0 Å². The summed E-state index contributed by atoms with van der Waals surface area (Å²) in [5, 5.41) is 14.5. The van der Waals surface area contributed by atoms with Gasteiger partial charge < -0.3 is 19.4 Å². The highest BCUT2D eigenvalue weighted by molar-refractivity contribution is 5.95. The first-order chi connectivity index (χ1) is 11.6. The second kappa shape index (κ2) is 6.82. The summed E-state index contributed by atoms with van der Waals surface area (Å²) in [7, 11) is 0. The third-order valence-corrected chi connectivity index (χ3v) is 3.33. The molecule has 7 heteroatoms. The van der Waals surface area contributed by atoms with Gasteiger partial charge in [0.05, 0.1) is 12.2 Å². The molecule has 1 aliphatic heterocycles. The van der Waals surface area contributed by atoms with Crippen LogP contribution >= 0.6 is 0 Å². The number of carboxylic acid groups (broad SMARTS) is 1. The van der Waals surface area contributed by atoms with Crippen molar-refractivity contribution in [1.82, 2.24) is 5.43 Å². The van der Waals surface area contributed by atoms with E-state index in [1.807, 2.05) is 0 Å². The third kappa shape index (κ3) is 3.52. The average Bonchev–Trinajstić information content (AvgIpc) is 2.61. The fraction of sp³-hybridized carbons (Fsp3) is 0.118. The number of amides is 1. The van der Waals surface area contributed by atoms with Crippen molar-refractivity contribution in [1.29, 1.82) is 0 Å². The van der Waals surface area contributed by atoms with Crippen molar-refractivity contribution in [3.05, 3.63) is 59.2 Å². The van der Waals surface area contributed by atoms with Crippen LogP contribution in [0.15, 0.2) is 47.6 Å². The number of hydrazone groups is 1. The molecular weight excluding hydrogens is 312 g/mol. The summed E-state index contributed by atoms with van der Waals surface area (Å²) in [6, 6.07) is 10.8. The van der Waals surface area contributed by atoms with Gasteiger partial charge in [0, 0.05) is 5.56 Å². The van der Waals surface area contributed by atoms with Crippen LogP contribution in [0.4, 0.5) is 0 Å². The molecule has 0 fully saturated rings. The van der Waals surface area contributed by atoms with Crippen molar-refractivity contribution in [3.63, 3.8) is 0 Å². The predicted octanol–water partition coefficient (Wildman–Crippen LogP) is 0.585. The first-order valence-corrected chi connectivity index (χ1v) is 7.18. The van der Waals surface area contributed by atoms with Gasteiger partial charge in [0.15, 0.2) is 11.5 Å². The number of hydrogen-bond acceptors (Lipinski definition) is 6. The summed E-state index contributed by atoms with van der Waals surface area (Å²) in [5.41, 5.74) is 3.51. The maximum atomic E-state index is 12.1.